The number of para-hydroxylation sites is 1. The van der Waals surface area contributed by atoms with E-state index in [2.05, 4.69) is 5.43 Å². The van der Waals surface area contributed by atoms with Crippen molar-refractivity contribution in [3.8, 4) is 0 Å². The van der Waals surface area contributed by atoms with Gasteiger partial charge in [-0.15, -0.1) is 0 Å². The maximum absolute atomic E-state index is 13.3. The number of benzene rings is 1. The lowest BCUT2D eigenvalue weighted by atomic mass is 10.2. The van der Waals surface area contributed by atoms with Gasteiger partial charge in [-0.3, -0.25) is 5.01 Å². The third-order valence-electron chi connectivity index (χ3n) is 2.54. The number of nitrogens with one attached hydrogen (secondary N) is 1. The fourth-order valence-electron chi connectivity index (χ4n) is 1.61. The molecule has 0 amide bonds. The maximum atomic E-state index is 13.3. The predicted octanol–water partition coefficient (Wildman–Crippen LogP) is 0.807. The first kappa shape index (κ1) is 11.8. The number of nitrogens with two attached hydrogens (primary N) is 1. The molecule has 0 aliphatic carbocycles. The summed E-state index contributed by atoms with van der Waals surface area (Å²) in [5, 5.41) is 9.99. The van der Waals surface area contributed by atoms with E-state index in [-0.39, 0.29) is 5.82 Å². The molecule has 0 saturated carbocycles. The van der Waals surface area contributed by atoms with Crippen LogP contribution in [0.15, 0.2) is 42.2 Å². The van der Waals surface area contributed by atoms with E-state index in [1.807, 2.05) is 6.07 Å². The molecule has 1 aliphatic rings. The molecule has 2 rings (SSSR count). The lowest BCUT2D eigenvalue weighted by Gasteiger charge is -2.25. The monoisotopic (exact) mass is 241 g/mol. The first-order valence-corrected chi connectivity index (χ1v) is 5.12. The van der Waals surface area contributed by atoms with Gasteiger partial charge in [-0.05, 0) is 18.2 Å². The van der Waals surface area contributed by atoms with Gasteiger partial charge in [0.1, 0.15) is 18.5 Å². The minimum absolute atomic E-state index is 0.189. The van der Waals surface area contributed by atoms with Crippen LogP contribution in [0, 0.1) is 0 Å². The molecular formula is C11H13F2N3O. The average molecular weight is 241 g/mol. The molecule has 17 heavy (non-hydrogen) atoms. The number of halogens is 2. The Kier molecular flexibility index (Phi) is 2.99. The number of nitrogens with zero attached hydrogens (tertiary/aromatic N) is 1. The van der Waals surface area contributed by atoms with Crippen LogP contribution >= 0.6 is 0 Å². The second-order valence-electron chi connectivity index (χ2n) is 3.79. The molecule has 0 spiro atoms. The van der Waals surface area contributed by atoms with Crippen molar-refractivity contribution >= 4 is 5.69 Å². The molecule has 0 bridgehead atoms. The standard InChI is InChI=1S/C11H13F2N3O/c12-11(13,7-17)9-6-10(14)16(15-9)8-4-2-1-3-5-8/h1-6,9,15,17H,7,14H2. The minimum Gasteiger partial charge on any atom is -0.390 e. The van der Waals surface area contributed by atoms with E-state index in [0.29, 0.717) is 5.69 Å². The zero-order valence-corrected chi connectivity index (χ0v) is 8.98. The Morgan fingerprint density at radius 1 is 1.35 bits per heavy atom. The normalized spacial score (nSPS) is 20.5. The zero-order valence-electron chi connectivity index (χ0n) is 8.98. The van der Waals surface area contributed by atoms with Crippen molar-refractivity contribution in [3.63, 3.8) is 0 Å². The fourth-order valence-corrected chi connectivity index (χ4v) is 1.61. The third kappa shape index (κ3) is 2.22. The lowest BCUT2D eigenvalue weighted by molar-refractivity contribution is -0.0654. The summed E-state index contributed by atoms with van der Waals surface area (Å²) < 4.78 is 26.6. The summed E-state index contributed by atoms with van der Waals surface area (Å²) in [4.78, 5) is 0. The molecule has 0 fully saturated rings. The molecule has 1 aromatic carbocycles. The van der Waals surface area contributed by atoms with Crippen LogP contribution in [0.4, 0.5) is 14.5 Å². The number of hydrogen-bond donors (Lipinski definition) is 3. The van der Waals surface area contributed by atoms with Crippen LogP contribution in [0.3, 0.4) is 0 Å². The van der Waals surface area contributed by atoms with Crippen LogP contribution in [0.25, 0.3) is 0 Å². The first-order valence-electron chi connectivity index (χ1n) is 5.12. The predicted molar refractivity (Wildman–Crippen MR) is 60.1 cm³/mol. The SMILES string of the molecule is NC1=CC(C(F)(F)CO)NN1c1ccccc1. The Balaban J connectivity index is 2.19. The Hall–Kier alpha value is -1.66. The average Bonchev–Trinajstić information content (AvgIpc) is 2.73. The van der Waals surface area contributed by atoms with Crippen LogP contribution in [0.5, 0.6) is 0 Å². The van der Waals surface area contributed by atoms with Crippen molar-refractivity contribution in [1.82, 2.24) is 5.43 Å². The van der Waals surface area contributed by atoms with Gasteiger partial charge in [0.25, 0.3) is 5.92 Å². The largest absolute Gasteiger partial charge is 0.390 e. The quantitative estimate of drug-likeness (QED) is 0.732. The lowest BCUT2D eigenvalue weighted by Crippen LogP contribution is -2.49. The number of alkyl halides is 2. The van der Waals surface area contributed by atoms with Crippen molar-refractivity contribution < 1.29 is 13.9 Å². The number of rotatable bonds is 3. The Morgan fingerprint density at radius 3 is 2.59 bits per heavy atom. The molecule has 4 N–H and O–H groups in total. The molecule has 1 aromatic rings. The van der Waals surface area contributed by atoms with Gasteiger partial charge in [0.05, 0.1) is 5.69 Å². The van der Waals surface area contributed by atoms with Crippen LogP contribution in [-0.4, -0.2) is 23.7 Å². The van der Waals surface area contributed by atoms with Gasteiger partial charge in [-0.25, -0.2) is 14.2 Å². The summed E-state index contributed by atoms with van der Waals surface area (Å²) in [5.74, 6) is -3.05. The molecule has 1 unspecified atom stereocenters. The van der Waals surface area contributed by atoms with Crippen molar-refractivity contribution in [2.24, 2.45) is 5.73 Å². The van der Waals surface area contributed by atoms with Crippen LogP contribution in [-0.2, 0) is 0 Å². The van der Waals surface area contributed by atoms with Crippen LogP contribution < -0.4 is 16.2 Å². The third-order valence-corrected chi connectivity index (χ3v) is 2.54. The molecule has 1 heterocycles. The molecule has 92 valence electrons. The van der Waals surface area contributed by atoms with Crippen LogP contribution in [0.1, 0.15) is 0 Å². The highest BCUT2D eigenvalue weighted by molar-refractivity contribution is 5.52. The van der Waals surface area contributed by atoms with E-state index in [1.165, 1.54) is 11.1 Å². The number of aliphatic hydroxyl groups is 1. The van der Waals surface area contributed by atoms with Crippen LogP contribution in [0.2, 0.25) is 0 Å². The van der Waals surface area contributed by atoms with E-state index in [0.717, 1.165) is 0 Å². The molecule has 4 nitrogen and oxygen atoms in total. The van der Waals surface area contributed by atoms with Gasteiger partial charge in [0, 0.05) is 0 Å². The highest BCUT2D eigenvalue weighted by atomic mass is 19.3. The fraction of sp³-hybridized carbons (Fsp3) is 0.273. The summed E-state index contributed by atoms with van der Waals surface area (Å²) in [7, 11) is 0. The summed E-state index contributed by atoms with van der Waals surface area (Å²) in [6, 6.07) is 7.57. The van der Waals surface area contributed by atoms with Gasteiger partial charge >= 0.3 is 0 Å². The van der Waals surface area contributed by atoms with E-state index in [1.54, 1.807) is 24.3 Å². The second-order valence-corrected chi connectivity index (χ2v) is 3.79. The summed E-state index contributed by atoms with van der Waals surface area (Å²) >= 11 is 0. The zero-order chi connectivity index (χ0) is 12.5. The highest BCUT2D eigenvalue weighted by Crippen LogP contribution is 2.26. The molecular weight excluding hydrogens is 228 g/mol. The maximum Gasteiger partial charge on any atom is 0.290 e. The summed E-state index contributed by atoms with van der Waals surface area (Å²) in [6.45, 7) is -1.23. The molecule has 6 heteroatoms. The summed E-state index contributed by atoms with van der Waals surface area (Å²) in [6.07, 6.45) is 1.20. The van der Waals surface area contributed by atoms with E-state index in [4.69, 9.17) is 10.8 Å². The van der Waals surface area contributed by atoms with Crippen molar-refractivity contribution in [2.75, 3.05) is 11.6 Å². The van der Waals surface area contributed by atoms with E-state index in [9.17, 15) is 8.78 Å². The first-order chi connectivity index (χ1) is 8.04. The Labute approximate surface area is 97.3 Å². The smallest absolute Gasteiger partial charge is 0.290 e. The van der Waals surface area contributed by atoms with Gasteiger partial charge in [0.2, 0.25) is 0 Å². The van der Waals surface area contributed by atoms with Gasteiger partial charge < -0.3 is 10.8 Å². The van der Waals surface area contributed by atoms with Crippen molar-refractivity contribution in [3.05, 3.63) is 42.2 Å². The molecule has 1 aliphatic heterocycles. The highest BCUT2D eigenvalue weighted by Gasteiger charge is 2.42. The molecule has 0 radical (unpaired) electrons. The Morgan fingerprint density at radius 2 is 2.00 bits per heavy atom. The molecule has 0 saturated heterocycles. The van der Waals surface area contributed by atoms with Gasteiger partial charge in [-0.2, -0.15) is 0 Å². The van der Waals surface area contributed by atoms with E-state index < -0.39 is 18.6 Å². The topological polar surface area (TPSA) is 61.5 Å². The number of hydrazine groups is 1. The van der Waals surface area contributed by atoms with Gasteiger partial charge in [0.15, 0.2) is 0 Å². The molecule has 0 aromatic heterocycles. The van der Waals surface area contributed by atoms with Crippen molar-refractivity contribution in [2.45, 2.75) is 12.0 Å². The summed E-state index contributed by atoms with van der Waals surface area (Å²) in [5.41, 5.74) is 8.88. The van der Waals surface area contributed by atoms with Crippen molar-refractivity contribution in [1.29, 1.82) is 0 Å². The second kappa shape index (κ2) is 4.31. The van der Waals surface area contributed by atoms with E-state index >= 15 is 0 Å². The number of anilines is 1. The number of hydrogen-bond acceptors (Lipinski definition) is 4. The molecule has 1 atom stereocenters. The number of aliphatic hydroxyl groups excluding tert-OH is 1. The minimum atomic E-state index is -3.24. The van der Waals surface area contributed by atoms with Gasteiger partial charge in [-0.1, -0.05) is 18.2 Å². The Bertz CT molecular complexity index is 422.